The Hall–Kier alpha value is -7.68. The largest absolute Gasteiger partial charge is 0.456 e. The van der Waals surface area contributed by atoms with Crippen molar-refractivity contribution in [3.8, 4) is 22.3 Å². The number of carbonyl (C=O) groups excluding carboxylic acids is 2. The van der Waals surface area contributed by atoms with Crippen LogP contribution >= 0.6 is 39.1 Å². The van der Waals surface area contributed by atoms with Crippen LogP contribution in [0, 0.1) is 0 Å². The summed E-state index contributed by atoms with van der Waals surface area (Å²) >= 11 is 17.2. The summed E-state index contributed by atoms with van der Waals surface area (Å²) in [6.45, 7) is 0. The van der Waals surface area contributed by atoms with Gasteiger partial charge in [-0.3, -0.25) is 9.59 Å². The Kier molecular flexibility index (Phi) is 7.41. The molecule has 9 heteroatoms. The van der Waals surface area contributed by atoms with Crippen LogP contribution in [-0.2, 0) is 0 Å². The lowest BCUT2D eigenvalue weighted by Gasteiger charge is -2.05. The van der Waals surface area contributed by atoms with Crippen LogP contribution in [0.4, 0.5) is 0 Å². The number of halogens is 3. The fraction of sp³-hybridized carbons (Fsp3) is 0. The van der Waals surface area contributed by atoms with Gasteiger partial charge in [0.2, 0.25) is 0 Å². The number of ketones is 2. The van der Waals surface area contributed by atoms with Gasteiger partial charge in [0.05, 0.1) is 14.5 Å². The van der Waals surface area contributed by atoms with Gasteiger partial charge in [-0.2, -0.15) is 0 Å². The molecule has 0 bridgehead atoms. The second-order valence-corrected chi connectivity index (χ2v) is 18.9. The van der Waals surface area contributed by atoms with Gasteiger partial charge < -0.3 is 17.7 Å². The molecule has 0 atom stereocenters. The molecule has 2 aliphatic rings. The topological polar surface area (TPSA) is 86.7 Å². The molecule has 314 valence electrons. The van der Waals surface area contributed by atoms with Crippen LogP contribution in [0.1, 0.15) is 31.8 Å². The highest BCUT2D eigenvalue weighted by Gasteiger charge is 2.37. The number of furan rings is 4. The van der Waals surface area contributed by atoms with Crippen molar-refractivity contribution in [3.63, 3.8) is 0 Å². The normalized spacial score (nSPS) is 13.1. The van der Waals surface area contributed by atoms with E-state index < -0.39 is 0 Å². The van der Waals surface area contributed by atoms with Gasteiger partial charge in [-0.1, -0.05) is 108 Å². The molecule has 6 nitrogen and oxygen atoms in total. The van der Waals surface area contributed by atoms with Crippen molar-refractivity contribution in [1.29, 1.82) is 0 Å². The van der Waals surface area contributed by atoms with Crippen LogP contribution in [0.25, 0.3) is 132 Å². The number of hydrogen-bond donors (Lipinski definition) is 0. The van der Waals surface area contributed by atoms with Gasteiger partial charge >= 0.3 is 0 Å². The minimum atomic E-state index is -0.0627. The summed E-state index contributed by atoms with van der Waals surface area (Å²) < 4.78 is 26.0. The second kappa shape index (κ2) is 13.2. The van der Waals surface area contributed by atoms with Gasteiger partial charge in [-0.05, 0) is 104 Å². The molecule has 0 fully saturated rings. The molecule has 4 heterocycles. The van der Waals surface area contributed by atoms with E-state index in [1.54, 1.807) is 12.1 Å². The van der Waals surface area contributed by atoms with E-state index >= 15 is 0 Å². The number of para-hydroxylation sites is 2. The third-order valence-electron chi connectivity index (χ3n) is 13.7. The Morgan fingerprint density at radius 1 is 0.343 bits per heavy atom. The quantitative estimate of drug-likeness (QED) is 0.150. The first-order valence-electron chi connectivity index (χ1n) is 21.6. The van der Waals surface area contributed by atoms with Crippen molar-refractivity contribution < 1.29 is 27.3 Å². The fourth-order valence-electron chi connectivity index (χ4n) is 10.9. The highest BCUT2D eigenvalue weighted by atomic mass is 79.9. The van der Waals surface area contributed by atoms with Crippen LogP contribution < -0.4 is 0 Å². The maximum Gasteiger partial charge on any atom is 0.194 e. The minimum Gasteiger partial charge on any atom is -0.456 e. The molecule has 0 spiro atoms. The SMILES string of the molecule is O=C1c2cc(Cl)c3c(oc4cc5ccccc5cc43)c2-c2c1cc(Br)c1oc3ccccc3c21.O=C1c2cc(Cl)c3c(oc4cc5ccccc5cc43)c2-c2c1ccc1oc3ccccc3c21. The Morgan fingerprint density at radius 3 is 1.37 bits per heavy atom. The second-order valence-electron chi connectivity index (χ2n) is 17.3. The van der Waals surface area contributed by atoms with Crippen molar-refractivity contribution in [2.75, 3.05) is 0 Å². The molecule has 0 unspecified atom stereocenters. The Balaban J connectivity index is 0.000000122. The van der Waals surface area contributed by atoms with Crippen LogP contribution in [0.3, 0.4) is 0 Å². The summed E-state index contributed by atoms with van der Waals surface area (Å²) in [5.41, 5.74) is 11.5. The maximum atomic E-state index is 13.6. The van der Waals surface area contributed by atoms with E-state index in [0.29, 0.717) is 49.0 Å². The monoisotopic (exact) mass is 966 g/mol. The zero-order chi connectivity index (χ0) is 44.6. The summed E-state index contributed by atoms with van der Waals surface area (Å²) in [6.07, 6.45) is 0. The van der Waals surface area contributed by atoms with E-state index in [1.165, 1.54) is 0 Å². The smallest absolute Gasteiger partial charge is 0.194 e. The van der Waals surface area contributed by atoms with E-state index in [9.17, 15) is 9.59 Å². The summed E-state index contributed by atoms with van der Waals surface area (Å²) in [6, 6.07) is 49.6. The molecule has 0 N–H and O–H groups in total. The molecule has 2 aliphatic carbocycles. The van der Waals surface area contributed by atoms with Crippen molar-refractivity contribution in [1.82, 2.24) is 0 Å². The lowest BCUT2D eigenvalue weighted by atomic mass is 9.97. The molecular formula is C58H25BrCl2O6. The highest BCUT2D eigenvalue weighted by molar-refractivity contribution is 9.10. The average molecular weight is 969 g/mol. The first kappa shape index (κ1) is 37.5. The molecule has 67 heavy (non-hydrogen) atoms. The molecule has 16 rings (SSSR count). The summed E-state index contributed by atoms with van der Waals surface area (Å²) in [5, 5.41) is 12.8. The lowest BCUT2D eigenvalue weighted by Crippen LogP contribution is -1.95. The molecule has 0 amide bonds. The van der Waals surface area contributed by atoms with Crippen molar-refractivity contribution in [2.45, 2.75) is 0 Å². The minimum absolute atomic E-state index is 0.0402. The van der Waals surface area contributed by atoms with Crippen molar-refractivity contribution in [3.05, 3.63) is 188 Å². The molecule has 14 aromatic rings. The van der Waals surface area contributed by atoms with Crippen molar-refractivity contribution >= 4 is 160 Å². The third-order valence-corrected chi connectivity index (χ3v) is 14.9. The Morgan fingerprint density at radius 2 is 0.791 bits per heavy atom. The zero-order valence-electron chi connectivity index (χ0n) is 34.5. The molecule has 0 aliphatic heterocycles. The van der Waals surface area contributed by atoms with Gasteiger partial charge in [-0.25, -0.2) is 0 Å². The van der Waals surface area contributed by atoms with Gasteiger partial charge in [-0.15, -0.1) is 0 Å². The van der Waals surface area contributed by atoms with Crippen LogP contribution in [-0.4, -0.2) is 11.6 Å². The highest BCUT2D eigenvalue weighted by Crippen LogP contribution is 2.54. The molecule has 4 aromatic heterocycles. The van der Waals surface area contributed by atoms with Crippen LogP contribution in [0.2, 0.25) is 10.0 Å². The summed E-state index contributed by atoms with van der Waals surface area (Å²) in [7, 11) is 0. The van der Waals surface area contributed by atoms with Gasteiger partial charge in [0.15, 0.2) is 11.6 Å². The standard InChI is InChI=1S/C29H12BrClO3.C29H13ClO3/c30-19-11-17-24(25-15-7-3-4-8-21(15)33-28(19)25)26-18(27(17)32)12-20(31)23-16-9-13-5-1-2-6-14(13)10-22(16)34-29(23)26;30-20-13-19-27(29-24(20)18-11-14-5-1-2-6-15(14)12-23(18)33-29)26-17(28(19)31)9-10-22-25(26)16-7-3-4-8-21(16)32-22/h1-12H;1-13H. The number of hydrogen-bond acceptors (Lipinski definition) is 6. The molecule has 0 radical (unpaired) electrons. The lowest BCUT2D eigenvalue weighted by molar-refractivity contribution is 0.103. The molecule has 0 saturated carbocycles. The molecular weight excluding hydrogens is 943 g/mol. The molecule has 10 aromatic carbocycles. The zero-order valence-corrected chi connectivity index (χ0v) is 37.6. The first-order valence-corrected chi connectivity index (χ1v) is 23.2. The van der Waals surface area contributed by atoms with E-state index in [-0.39, 0.29) is 11.6 Å². The number of carbonyl (C=O) groups is 2. The third kappa shape index (κ3) is 4.95. The predicted molar refractivity (Wildman–Crippen MR) is 272 cm³/mol. The van der Waals surface area contributed by atoms with Gasteiger partial charge in [0.1, 0.15) is 44.7 Å². The number of rotatable bonds is 0. The first-order chi connectivity index (χ1) is 32.8. The van der Waals surface area contributed by atoms with Crippen LogP contribution in [0.5, 0.6) is 0 Å². The van der Waals surface area contributed by atoms with Crippen molar-refractivity contribution in [2.24, 2.45) is 0 Å². The fourth-order valence-corrected chi connectivity index (χ4v) is 12.0. The maximum absolute atomic E-state index is 13.6. The van der Waals surface area contributed by atoms with E-state index in [4.69, 9.17) is 40.9 Å². The van der Waals surface area contributed by atoms with E-state index in [1.807, 2.05) is 103 Å². The van der Waals surface area contributed by atoms with E-state index in [2.05, 4.69) is 52.3 Å². The van der Waals surface area contributed by atoms with Gasteiger partial charge in [0, 0.05) is 87.6 Å². The number of fused-ring (bicyclic) bond motifs is 24. The summed E-state index contributed by atoms with van der Waals surface area (Å²) in [4.78, 5) is 27.1. The van der Waals surface area contributed by atoms with Crippen LogP contribution in [0.15, 0.2) is 174 Å². The Bertz CT molecular complexity index is 4660. The Labute approximate surface area is 395 Å². The average Bonchev–Trinajstić information content (AvgIpc) is 4.19. The molecule has 0 saturated heterocycles. The summed E-state index contributed by atoms with van der Waals surface area (Å²) in [5.74, 6) is -0.103. The van der Waals surface area contributed by atoms with Gasteiger partial charge in [0.25, 0.3) is 0 Å². The number of benzene rings is 10. The van der Waals surface area contributed by atoms with E-state index in [0.717, 1.165) is 119 Å². The predicted octanol–water partition coefficient (Wildman–Crippen LogP) is 17.8.